The van der Waals surface area contributed by atoms with Gasteiger partial charge in [0.25, 0.3) is 0 Å². The van der Waals surface area contributed by atoms with Gasteiger partial charge in [-0.2, -0.15) is 0 Å². The molecule has 0 heterocycles. The van der Waals surface area contributed by atoms with E-state index in [9.17, 15) is 4.39 Å². The predicted molar refractivity (Wildman–Crippen MR) is 107 cm³/mol. The van der Waals surface area contributed by atoms with Gasteiger partial charge in [-0.1, -0.05) is 25.0 Å². The van der Waals surface area contributed by atoms with Crippen molar-refractivity contribution in [1.82, 2.24) is 10.6 Å². The van der Waals surface area contributed by atoms with E-state index in [1.54, 1.807) is 6.07 Å². The number of ether oxygens (including phenoxy) is 1. The first-order valence-corrected chi connectivity index (χ1v) is 8.66. The van der Waals surface area contributed by atoms with Crippen molar-refractivity contribution in [1.29, 1.82) is 0 Å². The fraction of sp³-hybridized carbons (Fsp3) is 0.611. The third kappa shape index (κ3) is 8.28. The van der Waals surface area contributed by atoms with Crippen molar-refractivity contribution in [3.63, 3.8) is 0 Å². The number of halogens is 2. The lowest BCUT2D eigenvalue weighted by molar-refractivity contribution is 0.0574. The Morgan fingerprint density at radius 3 is 2.79 bits per heavy atom. The first-order valence-electron chi connectivity index (χ1n) is 8.66. The number of guanidine groups is 1. The van der Waals surface area contributed by atoms with Gasteiger partial charge in [0.15, 0.2) is 5.96 Å². The van der Waals surface area contributed by atoms with Crippen LogP contribution in [0.1, 0.15) is 44.6 Å². The van der Waals surface area contributed by atoms with Crippen molar-refractivity contribution in [2.75, 3.05) is 19.7 Å². The van der Waals surface area contributed by atoms with Gasteiger partial charge in [-0.25, -0.2) is 9.38 Å². The zero-order valence-corrected chi connectivity index (χ0v) is 16.7. The number of hydrogen-bond donors (Lipinski definition) is 2. The standard InChI is InChI=1S/C18H28FN3O.HI/c1-2-20-18(22-14-15-7-5-8-16(19)13-15)21-11-6-12-23-17-9-3-4-10-17;/h5,7-8,13,17H,2-4,6,9-12,14H2,1H3,(H2,20,21,22);1H. The molecule has 1 fully saturated rings. The van der Waals surface area contributed by atoms with Gasteiger partial charge < -0.3 is 15.4 Å². The Kier molecular flexibility index (Phi) is 11.0. The molecule has 2 N–H and O–H groups in total. The van der Waals surface area contributed by atoms with Gasteiger partial charge in [0.1, 0.15) is 5.82 Å². The second-order valence-electron chi connectivity index (χ2n) is 5.88. The average Bonchev–Trinajstić information content (AvgIpc) is 3.05. The maximum Gasteiger partial charge on any atom is 0.191 e. The highest BCUT2D eigenvalue weighted by molar-refractivity contribution is 14.0. The zero-order chi connectivity index (χ0) is 16.3. The highest BCUT2D eigenvalue weighted by Crippen LogP contribution is 2.20. The summed E-state index contributed by atoms with van der Waals surface area (Å²) in [5.74, 6) is 0.539. The number of benzene rings is 1. The van der Waals surface area contributed by atoms with Crippen molar-refractivity contribution in [2.24, 2.45) is 4.99 Å². The lowest BCUT2D eigenvalue weighted by atomic mass is 10.2. The Morgan fingerprint density at radius 2 is 2.08 bits per heavy atom. The van der Waals surface area contributed by atoms with Gasteiger partial charge in [0.05, 0.1) is 12.6 Å². The van der Waals surface area contributed by atoms with Gasteiger partial charge in [0.2, 0.25) is 0 Å². The average molecular weight is 449 g/mol. The van der Waals surface area contributed by atoms with Crippen molar-refractivity contribution in [2.45, 2.75) is 51.7 Å². The van der Waals surface area contributed by atoms with Crippen molar-refractivity contribution in [3.8, 4) is 0 Å². The Labute approximate surface area is 161 Å². The molecule has 2 rings (SSSR count). The topological polar surface area (TPSA) is 45.7 Å². The molecule has 1 aliphatic carbocycles. The molecule has 0 saturated heterocycles. The molecule has 0 atom stereocenters. The van der Waals surface area contributed by atoms with Crippen LogP contribution in [0, 0.1) is 5.82 Å². The van der Waals surface area contributed by atoms with Crippen molar-refractivity contribution < 1.29 is 9.13 Å². The summed E-state index contributed by atoms with van der Waals surface area (Å²) in [6.45, 7) is 4.91. The molecule has 24 heavy (non-hydrogen) atoms. The van der Waals surface area contributed by atoms with E-state index >= 15 is 0 Å². The van der Waals surface area contributed by atoms with E-state index in [0.717, 1.165) is 37.6 Å². The quantitative estimate of drug-likeness (QED) is 0.274. The number of nitrogens with one attached hydrogen (secondary N) is 2. The summed E-state index contributed by atoms with van der Waals surface area (Å²) < 4.78 is 19.0. The Morgan fingerprint density at radius 1 is 1.29 bits per heavy atom. The van der Waals surface area contributed by atoms with Gasteiger partial charge in [-0.05, 0) is 43.9 Å². The zero-order valence-electron chi connectivity index (χ0n) is 14.4. The van der Waals surface area contributed by atoms with E-state index < -0.39 is 0 Å². The SMILES string of the molecule is CCNC(=NCc1cccc(F)c1)NCCCOC1CCCC1.I. The van der Waals surface area contributed by atoms with E-state index in [1.165, 1.54) is 37.8 Å². The summed E-state index contributed by atoms with van der Waals surface area (Å²) in [4.78, 5) is 4.49. The molecular formula is C18H29FIN3O. The van der Waals surface area contributed by atoms with Crippen molar-refractivity contribution >= 4 is 29.9 Å². The van der Waals surface area contributed by atoms with Crippen LogP contribution in [0.3, 0.4) is 0 Å². The van der Waals surface area contributed by atoms with Gasteiger partial charge in [0, 0.05) is 19.7 Å². The van der Waals surface area contributed by atoms with Gasteiger partial charge >= 0.3 is 0 Å². The minimum absolute atomic E-state index is 0. The predicted octanol–water partition coefficient (Wildman–Crippen LogP) is 3.85. The van der Waals surface area contributed by atoms with E-state index in [4.69, 9.17) is 4.74 Å². The van der Waals surface area contributed by atoms with Crippen LogP contribution >= 0.6 is 24.0 Å². The second kappa shape index (κ2) is 12.5. The first kappa shape index (κ1) is 21.2. The van der Waals surface area contributed by atoms with E-state index in [1.807, 2.05) is 13.0 Å². The van der Waals surface area contributed by atoms with E-state index in [2.05, 4.69) is 15.6 Å². The smallest absolute Gasteiger partial charge is 0.191 e. The summed E-state index contributed by atoms with van der Waals surface area (Å²) in [6, 6.07) is 6.55. The van der Waals surface area contributed by atoms with E-state index in [0.29, 0.717) is 12.6 Å². The molecule has 136 valence electrons. The molecule has 6 heteroatoms. The summed E-state index contributed by atoms with van der Waals surface area (Å²) in [6.07, 6.45) is 6.47. The first-order chi connectivity index (χ1) is 11.3. The summed E-state index contributed by atoms with van der Waals surface area (Å²) in [7, 11) is 0. The van der Waals surface area contributed by atoms with Crippen LogP contribution < -0.4 is 10.6 Å². The van der Waals surface area contributed by atoms with Gasteiger partial charge in [-0.3, -0.25) is 0 Å². The minimum Gasteiger partial charge on any atom is -0.378 e. The number of hydrogen-bond acceptors (Lipinski definition) is 2. The Bertz CT molecular complexity index is 493. The Balaban J connectivity index is 0.00000288. The fourth-order valence-corrected chi connectivity index (χ4v) is 2.73. The van der Waals surface area contributed by atoms with Crippen LogP contribution in [0.25, 0.3) is 0 Å². The molecule has 1 saturated carbocycles. The summed E-state index contributed by atoms with van der Waals surface area (Å²) >= 11 is 0. The lowest BCUT2D eigenvalue weighted by Gasteiger charge is -2.13. The van der Waals surface area contributed by atoms with Crippen LogP contribution in [0.15, 0.2) is 29.3 Å². The van der Waals surface area contributed by atoms with Crippen LogP contribution in [0.4, 0.5) is 4.39 Å². The normalized spacial score (nSPS) is 15.2. The van der Waals surface area contributed by atoms with Crippen LogP contribution in [-0.2, 0) is 11.3 Å². The Hall–Kier alpha value is -0.890. The molecule has 1 aromatic carbocycles. The maximum atomic E-state index is 13.2. The second-order valence-corrected chi connectivity index (χ2v) is 5.88. The third-order valence-electron chi connectivity index (χ3n) is 3.92. The molecule has 0 bridgehead atoms. The fourth-order valence-electron chi connectivity index (χ4n) is 2.73. The van der Waals surface area contributed by atoms with E-state index in [-0.39, 0.29) is 29.8 Å². The third-order valence-corrected chi connectivity index (χ3v) is 3.92. The molecule has 0 amide bonds. The number of rotatable bonds is 8. The molecule has 1 aliphatic rings. The molecular weight excluding hydrogens is 420 g/mol. The minimum atomic E-state index is -0.222. The highest BCUT2D eigenvalue weighted by Gasteiger charge is 2.14. The monoisotopic (exact) mass is 449 g/mol. The van der Waals surface area contributed by atoms with Crippen molar-refractivity contribution in [3.05, 3.63) is 35.6 Å². The lowest BCUT2D eigenvalue weighted by Crippen LogP contribution is -2.38. The molecule has 4 nitrogen and oxygen atoms in total. The number of aliphatic imine (C=N–C) groups is 1. The highest BCUT2D eigenvalue weighted by atomic mass is 127. The van der Waals surface area contributed by atoms with Crippen LogP contribution in [0.2, 0.25) is 0 Å². The van der Waals surface area contributed by atoms with Gasteiger partial charge in [-0.15, -0.1) is 24.0 Å². The van der Waals surface area contributed by atoms with Crippen LogP contribution in [0.5, 0.6) is 0 Å². The summed E-state index contributed by atoms with van der Waals surface area (Å²) in [5.41, 5.74) is 0.867. The largest absolute Gasteiger partial charge is 0.378 e. The maximum absolute atomic E-state index is 13.2. The van der Waals surface area contributed by atoms with Crippen LogP contribution in [-0.4, -0.2) is 31.8 Å². The molecule has 0 radical (unpaired) electrons. The molecule has 0 aromatic heterocycles. The molecule has 1 aromatic rings. The molecule has 0 aliphatic heterocycles. The summed E-state index contributed by atoms with van der Waals surface area (Å²) in [5, 5.41) is 6.50. The molecule has 0 spiro atoms. The molecule has 0 unspecified atom stereocenters. The number of nitrogens with zero attached hydrogens (tertiary/aromatic N) is 1.